The molecule has 0 amide bonds. The fraction of sp³-hybridized carbons (Fsp3) is 0.400. The normalized spacial score (nSPS) is 19.7. The summed E-state index contributed by atoms with van der Waals surface area (Å²) in [6.45, 7) is 4.03. The van der Waals surface area contributed by atoms with Gasteiger partial charge in [0.2, 0.25) is 0 Å². The van der Waals surface area contributed by atoms with E-state index < -0.39 is 10.0 Å². The zero-order chi connectivity index (χ0) is 19.9. The summed E-state index contributed by atoms with van der Waals surface area (Å²) in [5, 5.41) is 1.80. The number of benzene rings is 2. The number of nitrogens with zero attached hydrogens (tertiary/aromatic N) is 3. The second kappa shape index (κ2) is 7.18. The van der Waals surface area contributed by atoms with Crippen LogP contribution in [0.3, 0.4) is 0 Å². The number of hydroxylamine groups is 1. The van der Waals surface area contributed by atoms with Crippen molar-refractivity contribution in [3.8, 4) is 5.75 Å². The predicted octanol–water partition coefficient (Wildman–Crippen LogP) is 2.87. The van der Waals surface area contributed by atoms with Crippen molar-refractivity contribution in [1.29, 1.82) is 0 Å². The van der Waals surface area contributed by atoms with Crippen LogP contribution in [0.15, 0.2) is 47.4 Å². The van der Waals surface area contributed by atoms with Crippen molar-refractivity contribution >= 4 is 27.1 Å². The Balaban J connectivity index is 1.71. The van der Waals surface area contributed by atoms with Crippen LogP contribution >= 0.6 is 0 Å². The Kier molecular flexibility index (Phi) is 4.84. The molecule has 0 bridgehead atoms. The van der Waals surface area contributed by atoms with Crippen LogP contribution in [0.1, 0.15) is 13.3 Å². The van der Waals surface area contributed by atoms with Crippen LogP contribution in [0.4, 0.5) is 17.1 Å². The van der Waals surface area contributed by atoms with Gasteiger partial charge in [0, 0.05) is 26.2 Å². The molecule has 0 aliphatic carbocycles. The summed E-state index contributed by atoms with van der Waals surface area (Å²) in [6, 6.07) is 12.2. The van der Waals surface area contributed by atoms with Crippen molar-refractivity contribution in [2.75, 3.05) is 48.1 Å². The smallest absolute Gasteiger partial charge is 0.264 e. The highest BCUT2D eigenvalue weighted by Crippen LogP contribution is 2.40. The van der Waals surface area contributed by atoms with E-state index in [1.165, 1.54) is 4.31 Å². The number of fused-ring (bicyclic) bond motifs is 1. The monoisotopic (exact) mass is 403 g/mol. The Morgan fingerprint density at radius 1 is 1.11 bits per heavy atom. The van der Waals surface area contributed by atoms with E-state index in [2.05, 4.69) is 4.90 Å². The summed E-state index contributed by atoms with van der Waals surface area (Å²) in [6.07, 6.45) is 0.971. The molecule has 2 aliphatic heterocycles. The number of ether oxygens (including phenoxy) is 1. The second-order valence-electron chi connectivity index (χ2n) is 7.17. The highest BCUT2D eigenvalue weighted by molar-refractivity contribution is 7.92. The van der Waals surface area contributed by atoms with Gasteiger partial charge >= 0.3 is 0 Å². The van der Waals surface area contributed by atoms with E-state index in [1.54, 1.807) is 42.5 Å². The first kappa shape index (κ1) is 18.9. The first-order valence-electron chi connectivity index (χ1n) is 9.36. The third kappa shape index (κ3) is 3.16. The van der Waals surface area contributed by atoms with Crippen LogP contribution in [-0.4, -0.2) is 48.3 Å². The minimum absolute atomic E-state index is 0.197. The SMILES string of the molecule is COc1ccc2c(c1)N(C)CC(C)N2S(=O)(=O)c1ccc(N2CCCO2)cc1. The second-order valence-corrected chi connectivity index (χ2v) is 8.98. The summed E-state index contributed by atoms with van der Waals surface area (Å²) in [5.74, 6) is 0.701. The quantitative estimate of drug-likeness (QED) is 0.782. The van der Waals surface area contributed by atoms with Crippen molar-refractivity contribution in [2.24, 2.45) is 0 Å². The van der Waals surface area contributed by atoms with Gasteiger partial charge in [-0.3, -0.25) is 14.2 Å². The molecule has 1 atom stereocenters. The van der Waals surface area contributed by atoms with Gasteiger partial charge in [-0.15, -0.1) is 0 Å². The summed E-state index contributed by atoms with van der Waals surface area (Å²) in [5.41, 5.74) is 2.37. The molecule has 0 aromatic heterocycles. The zero-order valence-electron chi connectivity index (χ0n) is 16.3. The Bertz CT molecular complexity index is 956. The number of hydrogen-bond acceptors (Lipinski definition) is 6. The molecule has 0 radical (unpaired) electrons. The van der Waals surface area contributed by atoms with Gasteiger partial charge in [0.25, 0.3) is 10.0 Å². The molecule has 0 spiro atoms. The van der Waals surface area contributed by atoms with Crippen molar-refractivity contribution in [1.82, 2.24) is 0 Å². The number of methoxy groups -OCH3 is 1. The average molecular weight is 404 g/mol. The Morgan fingerprint density at radius 2 is 1.86 bits per heavy atom. The van der Waals surface area contributed by atoms with E-state index in [-0.39, 0.29) is 10.9 Å². The lowest BCUT2D eigenvalue weighted by Crippen LogP contribution is -2.49. The van der Waals surface area contributed by atoms with E-state index in [4.69, 9.17) is 9.57 Å². The highest BCUT2D eigenvalue weighted by atomic mass is 32.2. The maximum absolute atomic E-state index is 13.5. The highest BCUT2D eigenvalue weighted by Gasteiger charge is 2.36. The van der Waals surface area contributed by atoms with Gasteiger partial charge in [-0.05, 0) is 49.7 Å². The first-order valence-corrected chi connectivity index (χ1v) is 10.8. The zero-order valence-corrected chi connectivity index (χ0v) is 17.1. The maximum Gasteiger partial charge on any atom is 0.264 e. The average Bonchev–Trinajstić information content (AvgIpc) is 3.22. The number of hydrogen-bond donors (Lipinski definition) is 0. The molecule has 1 fully saturated rings. The van der Waals surface area contributed by atoms with Crippen LogP contribution in [-0.2, 0) is 14.9 Å². The molecular formula is C20H25N3O4S. The molecule has 1 saturated heterocycles. The predicted molar refractivity (Wildman–Crippen MR) is 110 cm³/mol. The van der Waals surface area contributed by atoms with Crippen molar-refractivity contribution in [2.45, 2.75) is 24.3 Å². The van der Waals surface area contributed by atoms with Gasteiger partial charge in [-0.2, -0.15) is 0 Å². The molecule has 150 valence electrons. The third-order valence-electron chi connectivity index (χ3n) is 5.20. The van der Waals surface area contributed by atoms with Gasteiger partial charge in [0.15, 0.2) is 0 Å². The molecule has 2 aromatic carbocycles. The molecule has 28 heavy (non-hydrogen) atoms. The third-order valence-corrected chi connectivity index (χ3v) is 7.15. The lowest BCUT2D eigenvalue weighted by Gasteiger charge is -2.41. The summed E-state index contributed by atoms with van der Waals surface area (Å²) >= 11 is 0. The van der Waals surface area contributed by atoms with Crippen molar-refractivity contribution in [3.63, 3.8) is 0 Å². The van der Waals surface area contributed by atoms with Crippen LogP contribution in [0.25, 0.3) is 0 Å². The fourth-order valence-electron chi connectivity index (χ4n) is 3.84. The lowest BCUT2D eigenvalue weighted by molar-refractivity contribution is 0.168. The van der Waals surface area contributed by atoms with E-state index in [0.717, 1.165) is 24.3 Å². The van der Waals surface area contributed by atoms with Gasteiger partial charge in [0.05, 0.1) is 41.7 Å². The topological polar surface area (TPSA) is 62.3 Å². The minimum atomic E-state index is -3.70. The number of rotatable bonds is 4. The maximum atomic E-state index is 13.5. The summed E-state index contributed by atoms with van der Waals surface area (Å²) in [4.78, 5) is 7.86. The fourth-order valence-corrected chi connectivity index (χ4v) is 5.50. The lowest BCUT2D eigenvalue weighted by atomic mass is 10.1. The molecule has 1 unspecified atom stereocenters. The molecule has 0 N–H and O–H groups in total. The van der Waals surface area contributed by atoms with Gasteiger partial charge in [-0.25, -0.2) is 8.42 Å². The molecule has 8 heteroatoms. The van der Waals surface area contributed by atoms with Crippen molar-refractivity contribution in [3.05, 3.63) is 42.5 Å². The van der Waals surface area contributed by atoms with E-state index in [9.17, 15) is 8.42 Å². The standard InChI is InChI=1S/C20H25N3O4S/c1-15-14-21(2)20-13-17(26-3)7-10-19(20)23(15)28(24,25)18-8-5-16(6-9-18)22-11-4-12-27-22/h5-10,13,15H,4,11-12,14H2,1-3H3. The van der Waals surface area contributed by atoms with E-state index in [0.29, 0.717) is 24.6 Å². The number of anilines is 3. The van der Waals surface area contributed by atoms with Crippen LogP contribution in [0, 0.1) is 0 Å². The molecule has 7 nitrogen and oxygen atoms in total. The van der Waals surface area contributed by atoms with E-state index in [1.807, 2.05) is 26.1 Å². The summed E-state index contributed by atoms with van der Waals surface area (Å²) < 4.78 is 33.8. The largest absolute Gasteiger partial charge is 0.497 e. The molecule has 2 heterocycles. The Hall–Kier alpha value is -2.45. The Labute approximate surface area is 166 Å². The van der Waals surface area contributed by atoms with Crippen LogP contribution in [0.2, 0.25) is 0 Å². The number of likely N-dealkylation sites (N-methyl/N-ethyl adjacent to an activating group) is 1. The van der Waals surface area contributed by atoms with Gasteiger partial charge in [-0.1, -0.05) is 0 Å². The van der Waals surface area contributed by atoms with Crippen LogP contribution in [0.5, 0.6) is 5.75 Å². The van der Waals surface area contributed by atoms with Crippen LogP contribution < -0.4 is 19.0 Å². The molecule has 0 saturated carbocycles. The summed E-state index contributed by atoms with van der Waals surface area (Å²) in [7, 11) is -0.135. The number of sulfonamides is 1. The molecule has 4 rings (SSSR count). The minimum Gasteiger partial charge on any atom is -0.497 e. The Morgan fingerprint density at radius 3 is 2.50 bits per heavy atom. The van der Waals surface area contributed by atoms with E-state index >= 15 is 0 Å². The molecule has 2 aromatic rings. The van der Waals surface area contributed by atoms with Crippen molar-refractivity contribution < 1.29 is 18.0 Å². The first-order chi connectivity index (χ1) is 13.4. The molecule has 2 aliphatic rings. The van der Waals surface area contributed by atoms with Gasteiger partial charge in [0.1, 0.15) is 5.75 Å². The van der Waals surface area contributed by atoms with Gasteiger partial charge < -0.3 is 9.64 Å². The molecular weight excluding hydrogens is 378 g/mol.